The highest BCUT2D eigenvalue weighted by molar-refractivity contribution is 6.17. The van der Waals surface area contributed by atoms with Crippen molar-refractivity contribution in [3.63, 3.8) is 0 Å². The Kier molecular flexibility index (Phi) is 13.3. The zero-order valence-electron chi connectivity index (χ0n) is 63.8. The van der Waals surface area contributed by atoms with Gasteiger partial charge < -0.3 is 0 Å². The number of hydrogen-bond donors (Lipinski definition) is 0. The molecule has 0 fully saturated rings. The molecule has 9 heterocycles. The lowest BCUT2D eigenvalue weighted by Gasteiger charge is -2.21. The Morgan fingerprint density at radius 3 is 1.07 bits per heavy atom. The van der Waals surface area contributed by atoms with Crippen molar-refractivity contribution in [1.29, 1.82) is 5.26 Å². The van der Waals surface area contributed by atoms with Crippen molar-refractivity contribution >= 4 is 131 Å². The number of hydrogen-bond acceptors (Lipinski definition) is 13. The maximum atomic E-state index is 9.15. The minimum absolute atomic E-state index is 0.0530. The van der Waals surface area contributed by atoms with Crippen molar-refractivity contribution in [3.8, 4) is 68.4 Å². The summed E-state index contributed by atoms with van der Waals surface area (Å²) >= 11 is 0. The third-order valence-corrected chi connectivity index (χ3v) is 21.3. The second-order valence-electron chi connectivity index (χ2n) is 27.7. The van der Waals surface area contributed by atoms with Crippen LogP contribution in [-0.4, -0.2) is 74.2 Å². The quantitative estimate of drug-likeness (QED) is 0.153. The second kappa shape index (κ2) is 25.3. The summed E-state index contributed by atoms with van der Waals surface area (Å²) in [6.07, 6.45) is 9.86. The molecule has 13 aromatic carbocycles. The first-order valence-electron chi connectivity index (χ1n) is 38.4. The van der Waals surface area contributed by atoms with E-state index < -0.39 is 18.1 Å². The monoisotopic (exact) mass is 1420 g/mol. The lowest BCUT2D eigenvalue weighted by Crippen LogP contribution is -2.14. The first-order chi connectivity index (χ1) is 56.4. The average Bonchev–Trinajstić information content (AvgIpc) is 1.63. The molecule has 23 rings (SSSR count). The molecule has 0 unspecified atom stereocenters. The van der Waals surface area contributed by atoms with E-state index in [1.807, 2.05) is 59.2 Å². The molecular formula is C94H58N16. The van der Waals surface area contributed by atoms with Crippen LogP contribution in [0.25, 0.3) is 193 Å². The molecule has 16 heteroatoms. The summed E-state index contributed by atoms with van der Waals surface area (Å²) in [4.78, 5) is 28.1. The zero-order chi connectivity index (χ0) is 77.5. The standard InChI is InChI=1S/C37H25N5.C29H16N6.C28H17N5/c1-37(2)29-13-7-5-11-25(29)27-20-24(15-16-30(27)37)33-34-35(39-18-17-38-34)36(41-40-33)42-31-14-8-6-12-26(31)28-19-22-9-3-4-10-23(22)21-32(28)42;30-17-18-9-11-19(12-10-18)26-27-28(32-14-13-31-27)29(34-33-26)35-24-8-4-3-7-22(24)23-15-20-5-1-2-6-21(20)16-25(23)35;1-2-8-18(9-3-1)25-26-27(30-15-14-29-26)28(32-31-25)33-23-13-7-6-12-21(23)22-16-19-10-4-5-11-20(19)17-24(22)33/h3-21H,1-2H3;1-16H;1-17H/i;;1D,2D,3D,8D,9D. The first kappa shape index (κ1) is 58.1. The van der Waals surface area contributed by atoms with Gasteiger partial charge in [-0.05, 0) is 127 Å². The van der Waals surface area contributed by atoms with E-state index in [1.54, 1.807) is 43.1 Å². The van der Waals surface area contributed by atoms with Crippen molar-refractivity contribution < 1.29 is 6.85 Å². The number of rotatable bonds is 6. The van der Waals surface area contributed by atoms with E-state index in [9.17, 15) is 0 Å². The van der Waals surface area contributed by atoms with E-state index in [1.165, 1.54) is 55.4 Å². The van der Waals surface area contributed by atoms with Gasteiger partial charge in [0.2, 0.25) is 0 Å². The Labute approximate surface area is 634 Å². The topological polar surface area (TPSA) is 193 Å². The minimum atomic E-state index is -0.471. The first-order valence-corrected chi connectivity index (χ1v) is 35.9. The second-order valence-corrected chi connectivity index (χ2v) is 27.7. The van der Waals surface area contributed by atoms with Gasteiger partial charge in [0.05, 0.1) is 51.6 Å². The normalized spacial score (nSPS) is 13.0. The SMILES string of the molecule is CC1(C)c2ccccc2-c2cc(-c3nnc(-n4c5ccccc5c5cc6ccccc6cc54)c4nccnc34)ccc21.N#Cc1ccc(-c2nnc(-n3c4ccccc4c4cc5ccccc5cc43)c3nccnc23)cc1.[2H]c1c([2H])c([2H])c(-c2nnc(-n3c4ccccc4c4cc5ccccc5cc43)c3nccnc23)c([2H])c1[2H]. The van der Waals surface area contributed by atoms with Crippen LogP contribution in [0.3, 0.4) is 0 Å². The molecule has 110 heavy (non-hydrogen) atoms. The summed E-state index contributed by atoms with van der Waals surface area (Å²) < 4.78 is 47.3. The molecule has 0 amide bonds. The molecule has 9 aromatic heterocycles. The van der Waals surface area contributed by atoms with Gasteiger partial charge in [-0.25, -0.2) is 15.0 Å². The van der Waals surface area contributed by atoms with Crippen LogP contribution in [0.1, 0.15) is 37.4 Å². The molecule has 0 radical (unpaired) electrons. The molecular weight excluding hydrogens is 1350 g/mol. The molecule has 1 aliphatic rings. The van der Waals surface area contributed by atoms with Gasteiger partial charge in [0.1, 0.15) is 50.2 Å². The highest BCUT2D eigenvalue weighted by atomic mass is 15.2. The van der Waals surface area contributed by atoms with Crippen LogP contribution in [0.4, 0.5) is 0 Å². The van der Waals surface area contributed by atoms with Gasteiger partial charge in [0.15, 0.2) is 17.5 Å². The molecule has 0 atom stereocenters. The van der Waals surface area contributed by atoms with Gasteiger partial charge in [-0.15, -0.1) is 30.6 Å². The van der Waals surface area contributed by atoms with Crippen LogP contribution >= 0.6 is 0 Å². The molecule has 0 N–H and O–H groups in total. The lowest BCUT2D eigenvalue weighted by molar-refractivity contribution is 0.660. The van der Waals surface area contributed by atoms with Crippen LogP contribution < -0.4 is 0 Å². The zero-order valence-corrected chi connectivity index (χ0v) is 58.8. The fourth-order valence-electron chi connectivity index (χ4n) is 16.2. The Balaban J connectivity index is 0.000000109. The van der Waals surface area contributed by atoms with Gasteiger partial charge in [-0.2, -0.15) is 5.26 Å². The van der Waals surface area contributed by atoms with E-state index in [2.05, 4.69) is 241 Å². The van der Waals surface area contributed by atoms with Crippen LogP contribution in [-0.2, 0) is 5.41 Å². The fourth-order valence-corrected chi connectivity index (χ4v) is 16.2. The number of nitrogens with zero attached hydrogens (tertiary/aromatic N) is 16. The molecule has 22 aromatic rings. The van der Waals surface area contributed by atoms with Crippen molar-refractivity contribution in [2.75, 3.05) is 0 Å². The van der Waals surface area contributed by atoms with Crippen LogP contribution in [0.5, 0.6) is 0 Å². The number of aromatic nitrogens is 15. The number of benzene rings is 13. The average molecular weight is 1420 g/mol. The molecule has 0 spiro atoms. The highest BCUT2D eigenvalue weighted by Crippen LogP contribution is 2.50. The maximum Gasteiger partial charge on any atom is 0.188 e. The van der Waals surface area contributed by atoms with E-state index in [-0.39, 0.29) is 28.8 Å². The molecule has 514 valence electrons. The molecule has 0 saturated heterocycles. The van der Waals surface area contributed by atoms with Gasteiger partial charge in [-0.3, -0.25) is 28.7 Å². The Morgan fingerprint density at radius 1 is 0.300 bits per heavy atom. The van der Waals surface area contributed by atoms with E-state index >= 15 is 0 Å². The third kappa shape index (κ3) is 10.1. The summed E-state index contributed by atoms with van der Waals surface area (Å²) in [5.41, 5.74) is 18.4. The molecule has 16 nitrogen and oxygen atoms in total. The third-order valence-electron chi connectivity index (χ3n) is 21.3. The summed E-state index contributed by atoms with van der Waals surface area (Å²) in [7, 11) is 0. The molecule has 1 aliphatic carbocycles. The van der Waals surface area contributed by atoms with Crippen molar-refractivity contribution in [3.05, 3.63) is 333 Å². The fraction of sp³-hybridized carbons (Fsp3) is 0.0319. The van der Waals surface area contributed by atoms with E-state index in [0.717, 1.165) is 98.7 Å². The Hall–Kier alpha value is -15.2. The lowest BCUT2D eigenvalue weighted by atomic mass is 9.82. The van der Waals surface area contributed by atoms with E-state index in [4.69, 9.17) is 42.4 Å². The van der Waals surface area contributed by atoms with Gasteiger partial charge in [-0.1, -0.05) is 220 Å². The minimum Gasteiger partial charge on any atom is -0.290 e. The van der Waals surface area contributed by atoms with Crippen LogP contribution in [0.2, 0.25) is 0 Å². The summed E-state index contributed by atoms with van der Waals surface area (Å²) in [6, 6.07) is 85.6. The van der Waals surface area contributed by atoms with Gasteiger partial charge in [0, 0.05) is 91.6 Å². The van der Waals surface area contributed by atoms with Crippen LogP contribution in [0.15, 0.2) is 316 Å². The molecule has 0 saturated carbocycles. The Morgan fingerprint density at radius 2 is 0.645 bits per heavy atom. The largest absolute Gasteiger partial charge is 0.290 e. The predicted octanol–water partition coefficient (Wildman–Crippen LogP) is 21.2. The van der Waals surface area contributed by atoms with E-state index in [0.29, 0.717) is 50.8 Å². The van der Waals surface area contributed by atoms with Crippen molar-refractivity contribution in [1.82, 2.24) is 74.2 Å². The van der Waals surface area contributed by atoms with Crippen LogP contribution in [0, 0.1) is 11.3 Å². The molecule has 0 bridgehead atoms. The Bertz CT molecular complexity index is 7920. The maximum absolute atomic E-state index is 9.15. The molecule has 0 aliphatic heterocycles. The van der Waals surface area contributed by atoms with Gasteiger partial charge in [0.25, 0.3) is 0 Å². The predicted molar refractivity (Wildman–Crippen MR) is 440 cm³/mol. The van der Waals surface area contributed by atoms with Gasteiger partial charge >= 0.3 is 0 Å². The smallest absolute Gasteiger partial charge is 0.188 e. The number of nitriles is 1. The highest BCUT2D eigenvalue weighted by Gasteiger charge is 2.36. The van der Waals surface area contributed by atoms with Crippen molar-refractivity contribution in [2.45, 2.75) is 19.3 Å². The number of fused-ring (bicyclic) bond motifs is 18. The van der Waals surface area contributed by atoms with Crippen molar-refractivity contribution in [2.24, 2.45) is 0 Å². The summed E-state index contributed by atoms with van der Waals surface area (Å²) in [5.74, 6) is 1.74. The summed E-state index contributed by atoms with van der Waals surface area (Å²) in [5, 5.41) is 50.8. The summed E-state index contributed by atoms with van der Waals surface area (Å²) in [6.45, 7) is 4.59. The number of para-hydroxylation sites is 3.